The van der Waals surface area contributed by atoms with Crippen LogP contribution >= 0.6 is 0 Å². The van der Waals surface area contributed by atoms with Crippen LogP contribution in [0.5, 0.6) is 0 Å². The molecule has 1 saturated heterocycles. The average molecular weight is 199 g/mol. The third-order valence-corrected chi connectivity index (χ3v) is 3.33. The van der Waals surface area contributed by atoms with Crippen molar-refractivity contribution in [3.8, 4) is 0 Å². The van der Waals surface area contributed by atoms with Gasteiger partial charge in [-0.15, -0.1) is 0 Å². The summed E-state index contributed by atoms with van der Waals surface area (Å²) in [6, 6.07) is 0.0445. The number of aliphatic hydroxyl groups excluding tert-OH is 1. The maximum Gasteiger partial charge on any atom is 0.228 e. The molecule has 2 fully saturated rings. The largest absolute Gasteiger partial charge is 0.391 e. The summed E-state index contributed by atoms with van der Waals surface area (Å²) >= 11 is 0. The van der Waals surface area contributed by atoms with Crippen molar-refractivity contribution in [1.82, 2.24) is 4.90 Å². The molecular weight excluding hydrogens is 182 g/mol. The number of hydrogen-bond acceptors (Lipinski definition) is 3. The number of carbonyl (C=O) groups is 1. The molecule has 14 heavy (non-hydrogen) atoms. The molecule has 4 nitrogen and oxygen atoms in total. The maximum absolute atomic E-state index is 11.9. The fourth-order valence-corrected chi connectivity index (χ4v) is 2.10. The fourth-order valence-electron chi connectivity index (χ4n) is 2.10. The van der Waals surface area contributed by atoms with Gasteiger partial charge in [0.25, 0.3) is 0 Å². The first-order chi connectivity index (χ1) is 6.70. The van der Waals surface area contributed by atoms with Gasteiger partial charge in [0, 0.05) is 13.7 Å². The second-order valence-electron chi connectivity index (χ2n) is 4.22. The SMILES string of the molecule is CN(C(=O)C1CCOC1)C1CCC1O. The van der Waals surface area contributed by atoms with Gasteiger partial charge in [0.2, 0.25) is 5.91 Å². The summed E-state index contributed by atoms with van der Waals surface area (Å²) in [5.74, 6) is 0.152. The van der Waals surface area contributed by atoms with Gasteiger partial charge in [-0.25, -0.2) is 0 Å². The molecule has 0 aromatic rings. The summed E-state index contributed by atoms with van der Waals surface area (Å²) in [6.45, 7) is 1.24. The van der Waals surface area contributed by atoms with Crippen molar-refractivity contribution in [1.29, 1.82) is 0 Å². The Balaban J connectivity index is 1.89. The second kappa shape index (κ2) is 3.87. The minimum atomic E-state index is -0.314. The normalized spacial score (nSPS) is 36.6. The lowest BCUT2D eigenvalue weighted by Gasteiger charge is -2.40. The van der Waals surface area contributed by atoms with Gasteiger partial charge in [0.15, 0.2) is 0 Å². The van der Waals surface area contributed by atoms with Crippen molar-refractivity contribution in [2.45, 2.75) is 31.4 Å². The lowest BCUT2D eigenvalue weighted by atomic mass is 9.87. The number of rotatable bonds is 2. The van der Waals surface area contributed by atoms with Gasteiger partial charge < -0.3 is 14.7 Å². The zero-order chi connectivity index (χ0) is 10.1. The van der Waals surface area contributed by atoms with Crippen LogP contribution in [0.15, 0.2) is 0 Å². The van der Waals surface area contributed by atoms with Crippen LogP contribution in [0.25, 0.3) is 0 Å². The van der Waals surface area contributed by atoms with E-state index in [1.165, 1.54) is 0 Å². The average Bonchev–Trinajstić information content (AvgIpc) is 2.67. The molecular formula is C10H17NO3. The van der Waals surface area contributed by atoms with Crippen LogP contribution in [-0.4, -0.2) is 48.3 Å². The van der Waals surface area contributed by atoms with Gasteiger partial charge in [-0.1, -0.05) is 0 Å². The molecule has 3 unspecified atom stereocenters. The Morgan fingerprint density at radius 2 is 2.21 bits per heavy atom. The van der Waals surface area contributed by atoms with Crippen molar-refractivity contribution >= 4 is 5.91 Å². The number of carbonyl (C=O) groups excluding carboxylic acids is 1. The number of likely N-dealkylation sites (N-methyl/N-ethyl adjacent to an activating group) is 1. The number of nitrogens with zero attached hydrogens (tertiary/aromatic N) is 1. The van der Waals surface area contributed by atoms with E-state index in [9.17, 15) is 9.90 Å². The van der Waals surface area contributed by atoms with Gasteiger partial charge in [-0.3, -0.25) is 4.79 Å². The molecule has 0 spiro atoms. The molecule has 0 radical (unpaired) electrons. The van der Waals surface area contributed by atoms with E-state index >= 15 is 0 Å². The molecule has 0 aromatic heterocycles. The summed E-state index contributed by atoms with van der Waals surface area (Å²) in [5, 5.41) is 9.44. The second-order valence-corrected chi connectivity index (χ2v) is 4.22. The predicted molar refractivity (Wildman–Crippen MR) is 50.7 cm³/mol. The van der Waals surface area contributed by atoms with E-state index in [2.05, 4.69) is 0 Å². The Morgan fingerprint density at radius 1 is 1.43 bits per heavy atom. The van der Waals surface area contributed by atoms with Crippen LogP contribution in [0, 0.1) is 5.92 Å². The van der Waals surface area contributed by atoms with E-state index in [1.54, 1.807) is 11.9 Å². The number of amides is 1. The monoisotopic (exact) mass is 199 g/mol. The topological polar surface area (TPSA) is 49.8 Å². The molecule has 1 aliphatic heterocycles. The smallest absolute Gasteiger partial charge is 0.228 e. The molecule has 0 aromatic carbocycles. The van der Waals surface area contributed by atoms with Gasteiger partial charge >= 0.3 is 0 Å². The molecule has 4 heteroatoms. The molecule has 1 saturated carbocycles. The Bertz CT molecular complexity index is 225. The van der Waals surface area contributed by atoms with E-state index in [4.69, 9.17) is 4.74 Å². The summed E-state index contributed by atoms with van der Waals surface area (Å²) < 4.78 is 5.18. The van der Waals surface area contributed by atoms with Crippen LogP contribution in [0.1, 0.15) is 19.3 Å². The Labute approximate surface area is 83.8 Å². The first-order valence-electron chi connectivity index (χ1n) is 5.22. The number of hydrogen-bond donors (Lipinski definition) is 1. The Morgan fingerprint density at radius 3 is 2.64 bits per heavy atom. The van der Waals surface area contributed by atoms with Crippen molar-refractivity contribution < 1.29 is 14.6 Å². The highest BCUT2D eigenvalue weighted by Gasteiger charge is 2.37. The molecule has 80 valence electrons. The zero-order valence-corrected chi connectivity index (χ0v) is 8.48. The van der Waals surface area contributed by atoms with E-state index < -0.39 is 0 Å². The predicted octanol–water partition coefficient (Wildman–Crippen LogP) is 0.00460. The molecule has 3 atom stereocenters. The number of aliphatic hydroxyl groups is 1. The van der Waals surface area contributed by atoms with Crippen molar-refractivity contribution in [2.24, 2.45) is 5.92 Å². The van der Waals surface area contributed by atoms with Crippen LogP contribution in [0.4, 0.5) is 0 Å². The van der Waals surface area contributed by atoms with Gasteiger partial charge in [0.05, 0.1) is 24.7 Å². The first-order valence-corrected chi connectivity index (χ1v) is 5.22. The third-order valence-electron chi connectivity index (χ3n) is 3.33. The molecule has 1 aliphatic carbocycles. The van der Waals surface area contributed by atoms with Gasteiger partial charge in [-0.2, -0.15) is 0 Å². The quantitative estimate of drug-likeness (QED) is 0.681. The van der Waals surface area contributed by atoms with E-state index in [-0.39, 0.29) is 24.0 Å². The lowest BCUT2D eigenvalue weighted by Crippen LogP contribution is -2.52. The molecule has 2 rings (SSSR count). The van der Waals surface area contributed by atoms with Crippen LogP contribution < -0.4 is 0 Å². The fraction of sp³-hybridized carbons (Fsp3) is 0.900. The molecule has 1 amide bonds. The minimum absolute atomic E-state index is 0.0211. The van der Waals surface area contributed by atoms with Crippen molar-refractivity contribution in [3.05, 3.63) is 0 Å². The highest BCUT2D eigenvalue weighted by atomic mass is 16.5. The third kappa shape index (κ3) is 1.64. The standard InChI is InChI=1S/C10H17NO3/c1-11(8-2-3-9(8)12)10(13)7-4-5-14-6-7/h7-9,12H,2-6H2,1H3. The highest BCUT2D eigenvalue weighted by molar-refractivity contribution is 5.79. The van der Waals surface area contributed by atoms with Crippen molar-refractivity contribution in [2.75, 3.05) is 20.3 Å². The lowest BCUT2D eigenvalue weighted by molar-refractivity contribution is -0.142. The summed E-state index contributed by atoms with van der Waals surface area (Å²) in [6.07, 6.45) is 2.26. The Hall–Kier alpha value is -0.610. The molecule has 1 heterocycles. The highest BCUT2D eigenvalue weighted by Crippen LogP contribution is 2.26. The van der Waals surface area contributed by atoms with E-state index in [1.807, 2.05) is 0 Å². The maximum atomic E-state index is 11.9. The van der Waals surface area contributed by atoms with Crippen LogP contribution in [-0.2, 0) is 9.53 Å². The van der Waals surface area contributed by atoms with E-state index in [0.717, 1.165) is 19.3 Å². The van der Waals surface area contributed by atoms with Crippen LogP contribution in [0.2, 0.25) is 0 Å². The molecule has 0 bridgehead atoms. The zero-order valence-electron chi connectivity index (χ0n) is 8.48. The Kier molecular flexibility index (Phi) is 2.74. The summed E-state index contributed by atoms with van der Waals surface area (Å²) in [7, 11) is 1.79. The molecule has 2 aliphatic rings. The summed E-state index contributed by atoms with van der Waals surface area (Å²) in [4.78, 5) is 13.6. The molecule has 1 N–H and O–H groups in total. The van der Waals surface area contributed by atoms with E-state index in [0.29, 0.717) is 13.2 Å². The summed E-state index contributed by atoms with van der Waals surface area (Å²) in [5.41, 5.74) is 0. The van der Waals surface area contributed by atoms with Crippen LogP contribution in [0.3, 0.4) is 0 Å². The van der Waals surface area contributed by atoms with Crippen molar-refractivity contribution in [3.63, 3.8) is 0 Å². The minimum Gasteiger partial charge on any atom is -0.391 e. The first kappa shape index (κ1) is 9.93. The number of ether oxygens (including phenoxy) is 1. The van der Waals surface area contributed by atoms with Gasteiger partial charge in [-0.05, 0) is 19.3 Å². The van der Waals surface area contributed by atoms with Gasteiger partial charge in [0.1, 0.15) is 0 Å².